The van der Waals surface area contributed by atoms with Gasteiger partial charge in [0.2, 0.25) is 5.91 Å². The van der Waals surface area contributed by atoms with Gasteiger partial charge < -0.3 is 5.32 Å². The summed E-state index contributed by atoms with van der Waals surface area (Å²) < 4.78 is 0. The second kappa shape index (κ2) is 6.77. The van der Waals surface area contributed by atoms with Crippen LogP contribution in [-0.4, -0.2) is 11.8 Å². The van der Waals surface area contributed by atoms with Gasteiger partial charge in [0.1, 0.15) is 0 Å². The molecule has 2 nitrogen and oxygen atoms in total. The predicted octanol–water partition coefficient (Wildman–Crippen LogP) is 4.00. The lowest BCUT2D eigenvalue weighted by atomic mass is 10.2. The maximum absolute atomic E-state index is 11.6. The van der Waals surface area contributed by atoms with Crippen molar-refractivity contribution in [3.63, 3.8) is 0 Å². The summed E-state index contributed by atoms with van der Waals surface area (Å²) in [5.74, 6) is 0.610. The molecule has 0 spiro atoms. The van der Waals surface area contributed by atoms with Crippen molar-refractivity contribution in [1.82, 2.24) is 0 Å². The van der Waals surface area contributed by atoms with Gasteiger partial charge in [-0.1, -0.05) is 17.7 Å². The van der Waals surface area contributed by atoms with Crippen LogP contribution in [0.3, 0.4) is 0 Å². The zero-order chi connectivity index (χ0) is 12.0. The second-order valence-electron chi connectivity index (χ2n) is 3.61. The van der Waals surface area contributed by atoms with Crippen molar-refractivity contribution >= 4 is 34.8 Å². The highest BCUT2D eigenvalue weighted by atomic mass is 35.5. The molecule has 0 saturated heterocycles. The fraction of sp³-hybridized carbons (Fsp3) is 0.417. The van der Waals surface area contributed by atoms with Gasteiger partial charge in [0, 0.05) is 23.0 Å². The molecule has 4 heteroatoms. The van der Waals surface area contributed by atoms with Crippen molar-refractivity contribution in [1.29, 1.82) is 0 Å². The number of hydrogen-bond donors (Lipinski definition) is 1. The van der Waals surface area contributed by atoms with Crippen molar-refractivity contribution in [3.05, 3.63) is 28.8 Å². The molecule has 0 atom stereocenters. The molecule has 1 rings (SSSR count). The van der Waals surface area contributed by atoms with E-state index in [0.29, 0.717) is 17.3 Å². The first kappa shape index (κ1) is 13.3. The minimum atomic E-state index is 0.00971. The zero-order valence-electron chi connectivity index (χ0n) is 9.22. The van der Waals surface area contributed by atoms with E-state index in [4.69, 9.17) is 23.2 Å². The van der Waals surface area contributed by atoms with Gasteiger partial charge >= 0.3 is 0 Å². The molecule has 0 aliphatic rings. The fourth-order valence-electron chi connectivity index (χ4n) is 1.34. The van der Waals surface area contributed by atoms with Gasteiger partial charge in [-0.05, 0) is 37.5 Å². The number of carbonyl (C=O) groups is 1. The summed E-state index contributed by atoms with van der Waals surface area (Å²) in [5.41, 5.74) is 1.68. The lowest BCUT2D eigenvalue weighted by Crippen LogP contribution is -2.12. The molecule has 1 amide bonds. The molecule has 16 heavy (non-hydrogen) atoms. The standard InChI is InChI=1S/C12H15Cl2NO/c1-9-10(14)5-4-6-11(9)15-12(16)7-2-3-8-13/h4-6H,2-3,7-8H2,1H3,(H,15,16). The van der Waals surface area contributed by atoms with Crippen molar-refractivity contribution in [3.8, 4) is 0 Å². The van der Waals surface area contributed by atoms with E-state index in [0.717, 1.165) is 24.1 Å². The smallest absolute Gasteiger partial charge is 0.224 e. The number of nitrogens with one attached hydrogen (secondary N) is 1. The Labute approximate surface area is 106 Å². The van der Waals surface area contributed by atoms with Crippen molar-refractivity contribution < 1.29 is 4.79 Å². The molecule has 0 aliphatic heterocycles. The highest BCUT2D eigenvalue weighted by molar-refractivity contribution is 6.31. The van der Waals surface area contributed by atoms with Crippen LogP contribution in [-0.2, 0) is 4.79 Å². The Hall–Kier alpha value is -0.730. The van der Waals surface area contributed by atoms with Crippen LogP contribution in [0.15, 0.2) is 18.2 Å². The lowest BCUT2D eigenvalue weighted by molar-refractivity contribution is -0.116. The van der Waals surface area contributed by atoms with Crippen LogP contribution in [0.1, 0.15) is 24.8 Å². The van der Waals surface area contributed by atoms with Gasteiger partial charge in [0.15, 0.2) is 0 Å². The number of amides is 1. The van der Waals surface area contributed by atoms with Crippen LogP contribution in [0, 0.1) is 6.92 Å². The Bertz CT molecular complexity index is 366. The molecule has 88 valence electrons. The summed E-state index contributed by atoms with van der Waals surface area (Å²) in [7, 11) is 0. The van der Waals surface area contributed by atoms with Crippen LogP contribution in [0.4, 0.5) is 5.69 Å². The molecule has 0 bridgehead atoms. The molecule has 0 heterocycles. The average molecular weight is 260 g/mol. The molecular formula is C12H15Cl2NO. The summed E-state index contributed by atoms with van der Waals surface area (Å²) in [4.78, 5) is 11.6. The number of rotatable bonds is 5. The first-order valence-electron chi connectivity index (χ1n) is 5.26. The van der Waals surface area contributed by atoms with Gasteiger partial charge in [0.25, 0.3) is 0 Å². The SMILES string of the molecule is Cc1c(Cl)cccc1NC(=O)CCCCCl. The molecule has 1 aromatic rings. The largest absolute Gasteiger partial charge is 0.326 e. The minimum Gasteiger partial charge on any atom is -0.326 e. The number of alkyl halides is 1. The Morgan fingerprint density at radius 1 is 1.38 bits per heavy atom. The molecule has 1 N–H and O–H groups in total. The summed E-state index contributed by atoms with van der Waals surface area (Å²) in [6.07, 6.45) is 2.18. The third kappa shape index (κ3) is 4.03. The molecule has 0 fully saturated rings. The normalized spacial score (nSPS) is 10.2. The lowest BCUT2D eigenvalue weighted by Gasteiger charge is -2.09. The summed E-state index contributed by atoms with van der Waals surface area (Å²) in [6, 6.07) is 5.48. The summed E-state index contributed by atoms with van der Waals surface area (Å²) >= 11 is 11.5. The average Bonchev–Trinajstić information content (AvgIpc) is 2.25. The third-order valence-corrected chi connectivity index (χ3v) is 3.01. The van der Waals surface area contributed by atoms with E-state index >= 15 is 0 Å². The van der Waals surface area contributed by atoms with Gasteiger partial charge in [-0.2, -0.15) is 0 Å². The molecule has 0 aliphatic carbocycles. The molecule has 0 saturated carbocycles. The topological polar surface area (TPSA) is 29.1 Å². The fourth-order valence-corrected chi connectivity index (χ4v) is 1.70. The first-order valence-corrected chi connectivity index (χ1v) is 6.17. The molecule has 0 unspecified atom stereocenters. The number of halogens is 2. The molecule has 1 aromatic carbocycles. The predicted molar refractivity (Wildman–Crippen MR) is 69.4 cm³/mol. The maximum atomic E-state index is 11.6. The van der Waals surface area contributed by atoms with Gasteiger partial charge in [0.05, 0.1) is 0 Å². The number of unbranched alkanes of at least 4 members (excludes halogenated alkanes) is 1. The van der Waals surface area contributed by atoms with E-state index in [1.807, 2.05) is 19.1 Å². The van der Waals surface area contributed by atoms with E-state index < -0.39 is 0 Å². The third-order valence-electron chi connectivity index (χ3n) is 2.33. The van der Waals surface area contributed by atoms with Crippen LogP contribution in [0.5, 0.6) is 0 Å². The summed E-state index contributed by atoms with van der Waals surface area (Å²) in [5, 5.41) is 3.51. The van der Waals surface area contributed by atoms with Crippen LogP contribution >= 0.6 is 23.2 Å². The second-order valence-corrected chi connectivity index (χ2v) is 4.39. The van der Waals surface area contributed by atoms with Gasteiger partial charge in [-0.3, -0.25) is 4.79 Å². The maximum Gasteiger partial charge on any atom is 0.224 e. The Kier molecular flexibility index (Phi) is 5.64. The Morgan fingerprint density at radius 3 is 2.81 bits per heavy atom. The number of carbonyl (C=O) groups excluding carboxylic acids is 1. The molecule has 0 aromatic heterocycles. The van der Waals surface area contributed by atoms with E-state index in [-0.39, 0.29) is 5.91 Å². The zero-order valence-corrected chi connectivity index (χ0v) is 10.7. The highest BCUT2D eigenvalue weighted by Crippen LogP contribution is 2.23. The van der Waals surface area contributed by atoms with Gasteiger partial charge in [-0.15, -0.1) is 11.6 Å². The Morgan fingerprint density at radius 2 is 2.12 bits per heavy atom. The minimum absolute atomic E-state index is 0.00971. The first-order chi connectivity index (χ1) is 7.65. The number of anilines is 1. The highest BCUT2D eigenvalue weighted by Gasteiger charge is 2.06. The van der Waals surface area contributed by atoms with Crippen LogP contribution in [0.2, 0.25) is 5.02 Å². The summed E-state index contributed by atoms with van der Waals surface area (Å²) in [6.45, 7) is 1.89. The van der Waals surface area contributed by atoms with Crippen molar-refractivity contribution in [2.75, 3.05) is 11.2 Å². The van der Waals surface area contributed by atoms with E-state index in [1.165, 1.54) is 0 Å². The number of hydrogen-bond acceptors (Lipinski definition) is 1. The van der Waals surface area contributed by atoms with E-state index in [1.54, 1.807) is 6.07 Å². The van der Waals surface area contributed by atoms with Crippen molar-refractivity contribution in [2.45, 2.75) is 26.2 Å². The monoisotopic (exact) mass is 259 g/mol. The van der Waals surface area contributed by atoms with Crippen molar-refractivity contribution in [2.24, 2.45) is 0 Å². The number of benzene rings is 1. The molecule has 0 radical (unpaired) electrons. The van der Waals surface area contributed by atoms with E-state index in [2.05, 4.69) is 5.32 Å². The van der Waals surface area contributed by atoms with Crippen LogP contribution in [0.25, 0.3) is 0 Å². The molecular weight excluding hydrogens is 245 g/mol. The quantitative estimate of drug-likeness (QED) is 0.629. The Balaban J connectivity index is 2.53. The van der Waals surface area contributed by atoms with Crippen LogP contribution < -0.4 is 5.32 Å². The van der Waals surface area contributed by atoms with Gasteiger partial charge in [-0.25, -0.2) is 0 Å². The van der Waals surface area contributed by atoms with E-state index in [9.17, 15) is 4.79 Å².